The van der Waals surface area contributed by atoms with Crippen LogP contribution < -0.4 is 11.2 Å². The van der Waals surface area contributed by atoms with Crippen molar-refractivity contribution in [1.82, 2.24) is 9.55 Å². The number of benzene rings is 1. The lowest BCUT2D eigenvalue weighted by atomic mass is 10.1. The minimum Gasteiger partial charge on any atom is -0.297 e. The topological polar surface area (TPSA) is 54.9 Å². The smallest absolute Gasteiger partial charge is 0.297 e. The summed E-state index contributed by atoms with van der Waals surface area (Å²) in [7, 11) is 0. The van der Waals surface area contributed by atoms with E-state index in [4.69, 9.17) is 23.2 Å². The fraction of sp³-hybridized carbons (Fsp3) is 0.231. The van der Waals surface area contributed by atoms with E-state index in [9.17, 15) is 14.0 Å². The molecule has 0 atom stereocenters. The van der Waals surface area contributed by atoms with Crippen molar-refractivity contribution in [2.45, 2.75) is 19.8 Å². The van der Waals surface area contributed by atoms with Gasteiger partial charge in [0, 0.05) is 0 Å². The van der Waals surface area contributed by atoms with Crippen LogP contribution >= 0.6 is 23.2 Å². The molecule has 2 aromatic rings. The number of para-hydroxylation sites is 1. The number of nitrogens with zero attached hydrogens (tertiary/aromatic N) is 1. The summed E-state index contributed by atoms with van der Waals surface area (Å²) in [6.45, 7) is 3.49. The average Bonchev–Trinajstić information content (AvgIpc) is 2.31. The molecule has 0 aliphatic rings. The molecule has 0 fully saturated rings. The van der Waals surface area contributed by atoms with Crippen molar-refractivity contribution in [3.63, 3.8) is 0 Å². The molecular formula is C13H11Cl2FN2O2. The van der Waals surface area contributed by atoms with E-state index in [1.54, 1.807) is 13.8 Å². The van der Waals surface area contributed by atoms with E-state index >= 15 is 0 Å². The van der Waals surface area contributed by atoms with Gasteiger partial charge in [-0.15, -0.1) is 0 Å². The van der Waals surface area contributed by atoms with E-state index in [1.807, 2.05) is 0 Å². The lowest BCUT2D eigenvalue weighted by Gasteiger charge is -2.12. The van der Waals surface area contributed by atoms with Crippen LogP contribution in [0.25, 0.3) is 5.69 Å². The molecule has 2 rings (SSSR count). The Morgan fingerprint density at radius 2 is 1.90 bits per heavy atom. The van der Waals surface area contributed by atoms with Crippen molar-refractivity contribution in [3.05, 3.63) is 60.6 Å². The Hall–Kier alpha value is -1.59. The van der Waals surface area contributed by atoms with Gasteiger partial charge >= 0.3 is 5.69 Å². The Morgan fingerprint density at radius 3 is 2.45 bits per heavy atom. The lowest BCUT2D eigenvalue weighted by molar-refractivity contribution is 0.610. The minimum absolute atomic E-state index is 0.0328. The minimum atomic E-state index is -0.837. The standard InChI is InChI=1S/C13H11Cl2FN2O2/c1-6(2)9-11(15)17-13(20)18(12(9)19)10-7(14)4-3-5-8(10)16/h3-6H,1-2H3,(H,17,20). The van der Waals surface area contributed by atoms with Crippen molar-refractivity contribution < 1.29 is 4.39 Å². The molecule has 0 aliphatic carbocycles. The molecule has 7 heteroatoms. The van der Waals surface area contributed by atoms with E-state index in [1.165, 1.54) is 12.1 Å². The maximum atomic E-state index is 13.9. The van der Waals surface area contributed by atoms with E-state index < -0.39 is 17.1 Å². The van der Waals surface area contributed by atoms with Crippen LogP contribution in [0.5, 0.6) is 0 Å². The molecule has 1 N–H and O–H groups in total. The molecule has 1 aromatic heterocycles. The Bertz CT molecular complexity index is 761. The van der Waals surface area contributed by atoms with Gasteiger partial charge < -0.3 is 0 Å². The zero-order valence-electron chi connectivity index (χ0n) is 10.7. The third kappa shape index (κ3) is 2.39. The van der Waals surface area contributed by atoms with Crippen LogP contribution in [0.1, 0.15) is 25.3 Å². The molecule has 4 nitrogen and oxygen atoms in total. The third-order valence-electron chi connectivity index (χ3n) is 2.83. The van der Waals surface area contributed by atoms with Crippen LogP contribution in [0.2, 0.25) is 10.2 Å². The third-order valence-corrected chi connectivity index (χ3v) is 3.43. The van der Waals surface area contributed by atoms with Gasteiger partial charge in [-0.25, -0.2) is 13.8 Å². The summed E-state index contributed by atoms with van der Waals surface area (Å²) in [6, 6.07) is 3.91. The zero-order valence-corrected chi connectivity index (χ0v) is 12.2. The number of H-pyrrole nitrogens is 1. The predicted octanol–water partition coefficient (Wildman–Crippen LogP) is 3.10. The molecule has 106 valence electrons. The summed E-state index contributed by atoms with van der Waals surface area (Å²) in [5.74, 6) is -0.995. The molecule has 0 bridgehead atoms. The summed E-state index contributed by atoms with van der Waals surface area (Å²) in [5.41, 5.74) is -1.60. The molecule has 0 aliphatic heterocycles. The first-order valence-corrected chi connectivity index (χ1v) is 6.59. The van der Waals surface area contributed by atoms with Gasteiger partial charge in [0.2, 0.25) is 0 Å². The van der Waals surface area contributed by atoms with Gasteiger partial charge in [0.15, 0.2) is 0 Å². The zero-order chi connectivity index (χ0) is 15.0. The van der Waals surface area contributed by atoms with E-state index in [0.717, 1.165) is 6.07 Å². The number of aromatic amines is 1. The Kier molecular flexibility index (Phi) is 4.01. The van der Waals surface area contributed by atoms with Crippen LogP contribution in [0.4, 0.5) is 4.39 Å². The number of hydrogen-bond donors (Lipinski definition) is 1. The fourth-order valence-electron chi connectivity index (χ4n) is 1.93. The van der Waals surface area contributed by atoms with Gasteiger partial charge in [0.05, 0.1) is 10.6 Å². The van der Waals surface area contributed by atoms with Gasteiger partial charge in [-0.2, -0.15) is 0 Å². The Balaban J connectivity index is 2.93. The van der Waals surface area contributed by atoms with E-state index in [0.29, 0.717) is 4.57 Å². The number of nitrogens with one attached hydrogen (secondary N) is 1. The van der Waals surface area contributed by atoms with Crippen LogP contribution in [-0.4, -0.2) is 9.55 Å². The summed E-state index contributed by atoms with van der Waals surface area (Å²) in [6.07, 6.45) is 0. The molecular weight excluding hydrogens is 306 g/mol. The average molecular weight is 317 g/mol. The second-order valence-electron chi connectivity index (χ2n) is 4.52. The summed E-state index contributed by atoms with van der Waals surface area (Å²) in [5, 5.41) is -0.0756. The van der Waals surface area contributed by atoms with Crippen molar-refractivity contribution in [1.29, 1.82) is 0 Å². The highest BCUT2D eigenvalue weighted by molar-refractivity contribution is 6.32. The van der Waals surface area contributed by atoms with Crippen LogP contribution in [0, 0.1) is 5.82 Å². The number of aromatic nitrogens is 2. The van der Waals surface area contributed by atoms with Gasteiger partial charge in [-0.1, -0.05) is 43.1 Å². The maximum absolute atomic E-state index is 13.9. The summed E-state index contributed by atoms with van der Waals surface area (Å²) >= 11 is 11.8. The van der Waals surface area contributed by atoms with Gasteiger partial charge in [-0.3, -0.25) is 9.78 Å². The van der Waals surface area contributed by atoms with Crippen molar-refractivity contribution in [3.8, 4) is 5.69 Å². The van der Waals surface area contributed by atoms with Gasteiger partial charge in [0.25, 0.3) is 5.56 Å². The highest BCUT2D eigenvalue weighted by Gasteiger charge is 2.20. The highest BCUT2D eigenvalue weighted by Crippen LogP contribution is 2.23. The fourth-order valence-corrected chi connectivity index (χ4v) is 2.56. The van der Waals surface area contributed by atoms with E-state index in [2.05, 4.69) is 4.98 Å². The molecule has 1 aromatic carbocycles. The highest BCUT2D eigenvalue weighted by atomic mass is 35.5. The molecule has 0 amide bonds. The number of rotatable bonds is 2. The van der Waals surface area contributed by atoms with E-state index in [-0.39, 0.29) is 27.3 Å². The molecule has 0 saturated heterocycles. The first-order valence-electron chi connectivity index (χ1n) is 5.83. The van der Waals surface area contributed by atoms with Crippen LogP contribution in [-0.2, 0) is 0 Å². The lowest BCUT2D eigenvalue weighted by Crippen LogP contribution is -2.37. The summed E-state index contributed by atoms with van der Waals surface area (Å²) < 4.78 is 14.6. The second-order valence-corrected chi connectivity index (χ2v) is 5.31. The largest absolute Gasteiger partial charge is 0.334 e. The molecule has 0 saturated carbocycles. The van der Waals surface area contributed by atoms with Gasteiger partial charge in [0.1, 0.15) is 16.7 Å². The monoisotopic (exact) mass is 316 g/mol. The molecule has 20 heavy (non-hydrogen) atoms. The molecule has 0 spiro atoms. The summed E-state index contributed by atoms with van der Waals surface area (Å²) in [4.78, 5) is 26.7. The quantitative estimate of drug-likeness (QED) is 0.865. The maximum Gasteiger partial charge on any atom is 0.334 e. The van der Waals surface area contributed by atoms with Crippen molar-refractivity contribution in [2.75, 3.05) is 0 Å². The normalized spacial score (nSPS) is 11.1. The molecule has 0 unspecified atom stereocenters. The van der Waals surface area contributed by atoms with Gasteiger partial charge in [-0.05, 0) is 18.1 Å². The predicted molar refractivity (Wildman–Crippen MR) is 76.7 cm³/mol. The molecule has 1 heterocycles. The Labute approximate surface area is 123 Å². The number of hydrogen-bond acceptors (Lipinski definition) is 2. The SMILES string of the molecule is CC(C)c1c(Cl)[nH]c(=O)n(-c2c(F)cccc2Cl)c1=O. The second kappa shape index (κ2) is 5.42. The molecule has 0 radical (unpaired) electrons. The van der Waals surface area contributed by atoms with Crippen molar-refractivity contribution in [2.24, 2.45) is 0 Å². The first-order chi connectivity index (χ1) is 9.34. The Morgan fingerprint density at radius 1 is 1.25 bits per heavy atom. The number of halogens is 3. The van der Waals surface area contributed by atoms with Crippen molar-refractivity contribution >= 4 is 23.2 Å². The van der Waals surface area contributed by atoms with Crippen LogP contribution in [0.15, 0.2) is 27.8 Å². The van der Waals surface area contributed by atoms with Crippen LogP contribution in [0.3, 0.4) is 0 Å². The first kappa shape index (κ1) is 14.8.